The molecule has 0 radical (unpaired) electrons. The first-order chi connectivity index (χ1) is 13.2. The van der Waals surface area contributed by atoms with Gasteiger partial charge in [-0.05, 0) is 49.4 Å². The second-order valence-electron chi connectivity index (χ2n) is 7.06. The maximum atomic E-state index is 13.0. The molecule has 1 N–H and O–H groups in total. The van der Waals surface area contributed by atoms with Crippen LogP contribution < -0.4 is 14.8 Å². The average Bonchev–Trinajstić information content (AvgIpc) is 3.20. The van der Waals surface area contributed by atoms with Crippen molar-refractivity contribution in [3.8, 4) is 11.5 Å². The van der Waals surface area contributed by atoms with Gasteiger partial charge in [-0.2, -0.15) is 0 Å². The van der Waals surface area contributed by atoms with Crippen LogP contribution in [-0.4, -0.2) is 35.2 Å². The molecule has 1 saturated heterocycles. The van der Waals surface area contributed by atoms with Crippen LogP contribution in [0.1, 0.15) is 48.5 Å². The molecular formula is C21H25N3O3. The van der Waals surface area contributed by atoms with Crippen molar-refractivity contribution in [1.82, 2.24) is 9.88 Å². The van der Waals surface area contributed by atoms with Crippen LogP contribution in [-0.2, 0) is 6.54 Å². The summed E-state index contributed by atoms with van der Waals surface area (Å²) >= 11 is 0. The molecule has 2 aliphatic heterocycles. The highest BCUT2D eigenvalue weighted by Crippen LogP contribution is 2.32. The van der Waals surface area contributed by atoms with Crippen molar-refractivity contribution in [2.75, 3.05) is 18.7 Å². The lowest BCUT2D eigenvalue weighted by Gasteiger charge is -2.35. The first kappa shape index (κ1) is 17.6. The molecule has 1 fully saturated rings. The number of carbonyl (C=O) groups is 1. The van der Waals surface area contributed by atoms with E-state index in [2.05, 4.69) is 17.2 Å². The minimum atomic E-state index is 0.0841. The van der Waals surface area contributed by atoms with Gasteiger partial charge in [-0.1, -0.05) is 13.0 Å². The standard InChI is InChI=1S/C21H25N3O3/c1-2-18-5-3-4-8-24(18)21(25)16-10-17(13-22-12-16)23-11-15-6-7-19-20(9-15)27-14-26-19/h6-7,9-10,12-13,18,23H,2-5,8,11,14H2,1H3. The monoisotopic (exact) mass is 367 g/mol. The molecule has 4 rings (SSSR count). The third-order valence-corrected chi connectivity index (χ3v) is 5.28. The number of nitrogens with zero attached hydrogens (tertiary/aromatic N) is 2. The molecule has 6 heteroatoms. The summed E-state index contributed by atoms with van der Waals surface area (Å²) in [6.07, 6.45) is 7.79. The minimum absolute atomic E-state index is 0.0841. The van der Waals surface area contributed by atoms with E-state index < -0.39 is 0 Å². The smallest absolute Gasteiger partial charge is 0.255 e. The van der Waals surface area contributed by atoms with Crippen molar-refractivity contribution in [1.29, 1.82) is 0 Å². The largest absolute Gasteiger partial charge is 0.454 e. The van der Waals surface area contributed by atoms with E-state index >= 15 is 0 Å². The van der Waals surface area contributed by atoms with Crippen molar-refractivity contribution in [2.45, 2.75) is 45.2 Å². The Morgan fingerprint density at radius 1 is 1.22 bits per heavy atom. The summed E-state index contributed by atoms with van der Waals surface area (Å²) in [5, 5.41) is 3.35. The van der Waals surface area contributed by atoms with E-state index in [0.717, 1.165) is 48.6 Å². The number of fused-ring (bicyclic) bond motifs is 1. The maximum absolute atomic E-state index is 13.0. The molecule has 142 valence electrons. The molecule has 0 aliphatic carbocycles. The summed E-state index contributed by atoms with van der Waals surface area (Å²) in [5.74, 6) is 1.63. The van der Waals surface area contributed by atoms with Gasteiger partial charge in [-0.25, -0.2) is 0 Å². The first-order valence-electron chi connectivity index (χ1n) is 9.63. The number of ether oxygens (including phenoxy) is 2. The third-order valence-electron chi connectivity index (χ3n) is 5.28. The predicted octanol–water partition coefficient (Wildman–Crippen LogP) is 3.83. The predicted molar refractivity (Wildman–Crippen MR) is 103 cm³/mol. The fourth-order valence-electron chi connectivity index (χ4n) is 3.77. The number of amides is 1. The van der Waals surface area contributed by atoms with E-state index in [4.69, 9.17) is 9.47 Å². The SMILES string of the molecule is CCC1CCCCN1C(=O)c1cncc(NCc2ccc3c(c2)OCO3)c1. The number of pyridine rings is 1. The fourth-order valence-corrected chi connectivity index (χ4v) is 3.77. The summed E-state index contributed by atoms with van der Waals surface area (Å²) < 4.78 is 10.8. The van der Waals surface area contributed by atoms with E-state index in [1.54, 1.807) is 12.4 Å². The molecule has 1 unspecified atom stereocenters. The number of nitrogens with one attached hydrogen (secondary N) is 1. The molecular weight excluding hydrogens is 342 g/mol. The van der Waals surface area contributed by atoms with Crippen molar-refractivity contribution >= 4 is 11.6 Å². The van der Waals surface area contributed by atoms with Crippen molar-refractivity contribution < 1.29 is 14.3 Å². The van der Waals surface area contributed by atoms with Crippen LogP contribution in [0, 0.1) is 0 Å². The van der Waals surface area contributed by atoms with Crippen LogP contribution in [0.4, 0.5) is 5.69 Å². The molecule has 0 spiro atoms. The zero-order chi connectivity index (χ0) is 18.6. The van der Waals surface area contributed by atoms with E-state index in [-0.39, 0.29) is 12.7 Å². The van der Waals surface area contributed by atoms with Crippen LogP contribution >= 0.6 is 0 Å². The van der Waals surface area contributed by atoms with Gasteiger partial charge in [0.25, 0.3) is 5.91 Å². The maximum Gasteiger partial charge on any atom is 0.255 e. The quantitative estimate of drug-likeness (QED) is 0.870. The van der Waals surface area contributed by atoms with Crippen molar-refractivity contribution in [3.05, 3.63) is 47.8 Å². The molecule has 2 aromatic rings. The lowest BCUT2D eigenvalue weighted by molar-refractivity contribution is 0.0607. The molecule has 2 aliphatic rings. The van der Waals surface area contributed by atoms with E-state index in [0.29, 0.717) is 18.2 Å². The molecule has 0 bridgehead atoms. The second kappa shape index (κ2) is 7.86. The topological polar surface area (TPSA) is 63.7 Å². The Morgan fingerprint density at radius 3 is 3.00 bits per heavy atom. The van der Waals surface area contributed by atoms with Crippen molar-refractivity contribution in [3.63, 3.8) is 0 Å². The van der Waals surface area contributed by atoms with E-state index in [1.807, 2.05) is 29.2 Å². The first-order valence-corrected chi connectivity index (χ1v) is 9.63. The van der Waals surface area contributed by atoms with Gasteiger partial charge >= 0.3 is 0 Å². The van der Waals surface area contributed by atoms with E-state index in [1.165, 1.54) is 6.42 Å². The second-order valence-corrected chi connectivity index (χ2v) is 7.06. The van der Waals surface area contributed by atoms with Crippen LogP contribution in [0.5, 0.6) is 11.5 Å². The van der Waals surface area contributed by atoms with Crippen molar-refractivity contribution in [2.24, 2.45) is 0 Å². The number of carbonyl (C=O) groups excluding carboxylic acids is 1. The lowest BCUT2D eigenvalue weighted by atomic mass is 9.99. The Balaban J connectivity index is 1.43. The molecule has 27 heavy (non-hydrogen) atoms. The third kappa shape index (κ3) is 3.84. The van der Waals surface area contributed by atoms with E-state index in [9.17, 15) is 4.79 Å². The molecule has 3 heterocycles. The zero-order valence-corrected chi connectivity index (χ0v) is 15.6. The van der Waals surface area contributed by atoms with Crippen LogP contribution in [0.25, 0.3) is 0 Å². The summed E-state index contributed by atoms with van der Waals surface area (Å²) in [4.78, 5) is 19.2. The Labute approximate surface area is 159 Å². The molecule has 1 amide bonds. The molecule has 1 aromatic carbocycles. The summed E-state index contributed by atoms with van der Waals surface area (Å²) in [6.45, 7) is 3.89. The average molecular weight is 367 g/mol. The van der Waals surface area contributed by atoms with Crippen LogP contribution in [0.15, 0.2) is 36.7 Å². The highest BCUT2D eigenvalue weighted by Gasteiger charge is 2.26. The highest BCUT2D eigenvalue weighted by molar-refractivity contribution is 5.95. The normalized spacial score (nSPS) is 18.4. The number of rotatable bonds is 5. The molecule has 1 atom stereocenters. The fraction of sp³-hybridized carbons (Fsp3) is 0.429. The van der Waals surface area contributed by atoms with Gasteiger partial charge in [0.2, 0.25) is 6.79 Å². The number of aromatic nitrogens is 1. The van der Waals surface area contributed by atoms with Gasteiger partial charge in [0, 0.05) is 31.5 Å². The number of benzene rings is 1. The van der Waals surface area contributed by atoms with Crippen LogP contribution in [0.2, 0.25) is 0 Å². The Morgan fingerprint density at radius 2 is 2.11 bits per heavy atom. The molecule has 1 aromatic heterocycles. The Hall–Kier alpha value is -2.76. The summed E-state index contributed by atoms with van der Waals surface area (Å²) in [5.41, 5.74) is 2.56. The van der Waals surface area contributed by atoms with Crippen LogP contribution in [0.3, 0.4) is 0 Å². The Bertz CT molecular complexity index is 824. The molecule has 6 nitrogen and oxygen atoms in total. The van der Waals surface area contributed by atoms with Gasteiger partial charge < -0.3 is 19.7 Å². The highest BCUT2D eigenvalue weighted by atomic mass is 16.7. The number of hydrogen-bond acceptors (Lipinski definition) is 5. The lowest BCUT2D eigenvalue weighted by Crippen LogP contribution is -2.43. The van der Waals surface area contributed by atoms with Gasteiger partial charge in [-0.3, -0.25) is 9.78 Å². The zero-order valence-electron chi connectivity index (χ0n) is 15.6. The number of piperidine rings is 1. The van der Waals surface area contributed by atoms with Gasteiger partial charge in [0.05, 0.1) is 11.3 Å². The number of likely N-dealkylation sites (tertiary alicyclic amines) is 1. The Kier molecular flexibility index (Phi) is 5.14. The minimum Gasteiger partial charge on any atom is -0.454 e. The molecule has 0 saturated carbocycles. The van der Waals surface area contributed by atoms with Gasteiger partial charge in [-0.15, -0.1) is 0 Å². The number of hydrogen-bond donors (Lipinski definition) is 1. The number of anilines is 1. The van der Waals surface area contributed by atoms with Gasteiger partial charge in [0.15, 0.2) is 11.5 Å². The van der Waals surface area contributed by atoms with Gasteiger partial charge in [0.1, 0.15) is 0 Å². The summed E-state index contributed by atoms with van der Waals surface area (Å²) in [7, 11) is 0. The summed E-state index contributed by atoms with van der Waals surface area (Å²) in [6, 6.07) is 8.12.